The minimum Gasteiger partial charge on any atom is -0.495 e. The lowest BCUT2D eigenvalue weighted by Crippen LogP contribution is -2.37. The Morgan fingerprint density at radius 1 is 1.28 bits per heavy atom. The number of methoxy groups -OCH3 is 1. The van der Waals surface area contributed by atoms with Crippen LogP contribution in [0.4, 0.5) is 17.5 Å². The predicted molar refractivity (Wildman–Crippen MR) is 109 cm³/mol. The van der Waals surface area contributed by atoms with Gasteiger partial charge in [0.15, 0.2) is 0 Å². The van der Waals surface area contributed by atoms with E-state index in [4.69, 9.17) is 4.74 Å². The highest BCUT2D eigenvalue weighted by Gasteiger charge is 2.35. The number of carbonyl (C=O) groups excluding carboxylic acids is 2. The molecular formula is C20H23N5O4. The summed E-state index contributed by atoms with van der Waals surface area (Å²) in [6, 6.07) is 5.40. The number of H-pyrrole nitrogens is 1. The maximum absolute atomic E-state index is 13.0. The molecule has 1 fully saturated rings. The zero-order valence-corrected chi connectivity index (χ0v) is 16.4. The monoisotopic (exact) mass is 397 g/mol. The minimum atomic E-state index is -0.937. The number of benzene rings is 1. The van der Waals surface area contributed by atoms with Gasteiger partial charge >= 0.3 is 0 Å². The van der Waals surface area contributed by atoms with Gasteiger partial charge in [0.1, 0.15) is 11.6 Å². The van der Waals surface area contributed by atoms with Gasteiger partial charge in [0.05, 0.1) is 24.3 Å². The Morgan fingerprint density at radius 2 is 2.03 bits per heavy atom. The Morgan fingerprint density at radius 3 is 2.76 bits per heavy atom. The number of hydrogen-bond donors (Lipinski definition) is 3. The second kappa shape index (κ2) is 7.57. The Kier molecular flexibility index (Phi) is 4.96. The number of aryl methyl sites for hydroxylation is 1. The third-order valence-corrected chi connectivity index (χ3v) is 5.27. The third kappa shape index (κ3) is 3.67. The SMILES string of the molecule is COc1ccc(C)cc1NC(=O)[C@@H]1CC(=O)Nc2nc(N3CCCC3)[nH]c(=O)c21. The van der Waals surface area contributed by atoms with E-state index in [-0.39, 0.29) is 23.7 Å². The fraction of sp³-hybridized carbons (Fsp3) is 0.400. The summed E-state index contributed by atoms with van der Waals surface area (Å²) in [6.07, 6.45) is 1.92. The van der Waals surface area contributed by atoms with Gasteiger partial charge in [0.2, 0.25) is 17.8 Å². The average Bonchev–Trinajstić information content (AvgIpc) is 3.22. The van der Waals surface area contributed by atoms with E-state index in [2.05, 4.69) is 20.6 Å². The number of aromatic amines is 1. The fourth-order valence-corrected chi connectivity index (χ4v) is 3.80. The molecule has 152 valence electrons. The van der Waals surface area contributed by atoms with E-state index in [0.29, 0.717) is 17.4 Å². The Labute approximate surface area is 167 Å². The van der Waals surface area contributed by atoms with Crippen LogP contribution in [0, 0.1) is 6.92 Å². The number of aromatic nitrogens is 2. The molecule has 0 unspecified atom stereocenters. The molecule has 3 heterocycles. The van der Waals surface area contributed by atoms with Crippen molar-refractivity contribution in [2.45, 2.75) is 32.1 Å². The molecule has 1 atom stereocenters. The lowest BCUT2D eigenvalue weighted by molar-refractivity contribution is -0.123. The Bertz CT molecular complexity index is 1030. The molecule has 2 aliphatic heterocycles. The molecule has 0 radical (unpaired) electrons. The number of rotatable bonds is 4. The highest BCUT2D eigenvalue weighted by atomic mass is 16.5. The average molecular weight is 397 g/mol. The summed E-state index contributed by atoms with van der Waals surface area (Å²) in [6.45, 7) is 3.49. The lowest BCUT2D eigenvalue weighted by atomic mass is 9.92. The second-order valence-corrected chi connectivity index (χ2v) is 7.34. The molecular weight excluding hydrogens is 374 g/mol. The molecule has 9 heteroatoms. The summed E-state index contributed by atoms with van der Waals surface area (Å²) >= 11 is 0. The van der Waals surface area contributed by atoms with E-state index in [1.165, 1.54) is 7.11 Å². The van der Waals surface area contributed by atoms with E-state index in [0.717, 1.165) is 31.5 Å². The van der Waals surface area contributed by atoms with Crippen molar-refractivity contribution in [3.8, 4) is 5.75 Å². The van der Waals surface area contributed by atoms with E-state index in [1.54, 1.807) is 12.1 Å². The van der Waals surface area contributed by atoms with Gasteiger partial charge in [-0.05, 0) is 37.5 Å². The molecule has 3 N–H and O–H groups in total. The molecule has 9 nitrogen and oxygen atoms in total. The van der Waals surface area contributed by atoms with Gasteiger partial charge < -0.3 is 20.3 Å². The number of hydrogen-bond acceptors (Lipinski definition) is 6. The Balaban J connectivity index is 1.67. The van der Waals surface area contributed by atoms with E-state index in [1.807, 2.05) is 17.9 Å². The zero-order chi connectivity index (χ0) is 20.5. The molecule has 1 aromatic heterocycles. The summed E-state index contributed by atoms with van der Waals surface area (Å²) in [5.41, 5.74) is 1.20. The number of nitrogens with one attached hydrogen (secondary N) is 3. The van der Waals surface area contributed by atoms with Crippen molar-refractivity contribution in [1.29, 1.82) is 0 Å². The third-order valence-electron chi connectivity index (χ3n) is 5.27. The van der Waals surface area contributed by atoms with Crippen LogP contribution in [0.1, 0.15) is 36.3 Å². The minimum absolute atomic E-state index is 0.124. The van der Waals surface area contributed by atoms with Gasteiger partial charge in [-0.15, -0.1) is 0 Å². The summed E-state index contributed by atoms with van der Waals surface area (Å²) in [5.74, 6) is -0.657. The van der Waals surface area contributed by atoms with Crippen molar-refractivity contribution in [1.82, 2.24) is 9.97 Å². The highest BCUT2D eigenvalue weighted by Crippen LogP contribution is 2.32. The van der Waals surface area contributed by atoms with Crippen LogP contribution in [-0.2, 0) is 9.59 Å². The predicted octanol–water partition coefficient (Wildman–Crippen LogP) is 1.75. The first-order valence-corrected chi connectivity index (χ1v) is 9.61. The molecule has 4 rings (SSSR count). The van der Waals surface area contributed by atoms with Gasteiger partial charge in [-0.2, -0.15) is 4.98 Å². The molecule has 0 aliphatic carbocycles. The number of nitrogens with zero attached hydrogens (tertiary/aromatic N) is 2. The summed E-state index contributed by atoms with van der Waals surface area (Å²) in [4.78, 5) is 47.2. The summed E-state index contributed by atoms with van der Waals surface area (Å²) in [7, 11) is 1.51. The van der Waals surface area contributed by atoms with Crippen LogP contribution in [0.15, 0.2) is 23.0 Å². The van der Waals surface area contributed by atoms with Crippen molar-refractivity contribution in [3.63, 3.8) is 0 Å². The van der Waals surface area contributed by atoms with Gasteiger partial charge in [-0.1, -0.05) is 6.07 Å². The molecule has 0 saturated carbocycles. The van der Waals surface area contributed by atoms with Crippen LogP contribution < -0.4 is 25.8 Å². The molecule has 0 bridgehead atoms. The van der Waals surface area contributed by atoms with Crippen molar-refractivity contribution >= 4 is 29.3 Å². The van der Waals surface area contributed by atoms with Crippen LogP contribution in [0.2, 0.25) is 0 Å². The van der Waals surface area contributed by atoms with Gasteiger partial charge in [-0.3, -0.25) is 19.4 Å². The van der Waals surface area contributed by atoms with Crippen LogP contribution in [-0.4, -0.2) is 42.0 Å². The molecule has 2 aliphatic rings. The number of carbonyl (C=O) groups is 2. The van der Waals surface area contributed by atoms with Crippen molar-refractivity contribution in [2.75, 3.05) is 35.7 Å². The van der Waals surface area contributed by atoms with Crippen molar-refractivity contribution in [3.05, 3.63) is 39.7 Å². The maximum Gasteiger partial charge on any atom is 0.258 e. The largest absolute Gasteiger partial charge is 0.495 e. The standard InChI is InChI=1S/C20H23N5O4/c1-11-5-6-14(29-2)13(9-11)21-18(27)12-10-15(26)22-17-16(12)19(28)24-20(23-17)25-7-3-4-8-25/h5-6,9,12H,3-4,7-8,10H2,1-2H3,(H,21,27)(H2,22,23,24,26,28)/t12-/m1/s1. The van der Waals surface area contributed by atoms with Crippen molar-refractivity contribution < 1.29 is 14.3 Å². The number of ether oxygens (including phenoxy) is 1. The van der Waals surface area contributed by atoms with Gasteiger partial charge in [0.25, 0.3) is 5.56 Å². The fourth-order valence-electron chi connectivity index (χ4n) is 3.80. The Hall–Kier alpha value is -3.36. The zero-order valence-electron chi connectivity index (χ0n) is 16.4. The van der Waals surface area contributed by atoms with Crippen LogP contribution in [0.25, 0.3) is 0 Å². The molecule has 1 saturated heterocycles. The first-order valence-electron chi connectivity index (χ1n) is 9.61. The van der Waals surface area contributed by atoms with E-state index >= 15 is 0 Å². The van der Waals surface area contributed by atoms with Gasteiger partial charge in [0, 0.05) is 19.5 Å². The number of anilines is 3. The van der Waals surface area contributed by atoms with Gasteiger partial charge in [-0.25, -0.2) is 0 Å². The quantitative estimate of drug-likeness (QED) is 0.724. The summed E-state index contributed by atoms with van der Waals surface area (Å²) < 4.78 is 5.30. The smallest absolute Gasteiger partial charge is 0.258 e. The van der Waals surface area contributed by atoms with E-state index < -0.39 is 17.4 Å². The second-order valence-electron chi connectivity index (χ2n) is 7.34. The number of fused-ring (bicyclic) bond motifs is 1. The number of amides is 2. The van der Waals surface area contributed by atoms with Crippen LogP contribution >= 0.6 is 0 Å². The lowest BCUT2D eigenvalue weighted by Gasteiger charge is -2.25. The molecule has 0 spiro atoms. The normalized spacial score (nSPS) is 18.2. The van der Waals surface area contributed by atoms with Crippen molar-refractivity contribution in [2.24, 2.45) is 0 Å². The maximum atomic E-state index is 13.0. The molecule has 2 amide bonds. The first-order chi connectivity index (χ1) is 14.0. The van der Waals surface area contributed by atoms with E-state index in [9.17, 15) is 14.4 Å². The van der Waals surface area contributed by atoms with Crippen LogP contribution in [0.3, 0.4) is 0 Å². The molecule has 29 heavy (non-hydrogen) atoms. The molecule has 1 aromatic carbocycles. The van der Waals surface area contributed by atoms with Crippen LogP contribution in [0.5, 0.6) is 5.75 Å². The first kappa shape index (κ1) is 19.0. The summed E-state index contributed by atoms with van der Waals surface area (Å²) in [5, 5.41) is 5.44. The molecule has 2 aromatic rings. The highest BCUT2D eigenvalue weighted by molar-refractivity contribution is 6.05. The topological polar surface area (TPSA) is 116 Å².